The van der Waals surface area contributed by atoms with Crippen molar-refractivity contribution in [1.29, 1.82) is 0 Å². The Morgan fingerprint density at radius 2 is 1.44 bits per heavy atom. The fourth-order valence-electron chi connectivity index (χ4n) is 5.58. The van der Waals surface area contributed by atoms with Crippen LogP contribution in [0.15, 0.2) is 42.5 Å². The van der Waals surface area contributed by atoms with Crippen molar-refractivity contribution in [2.75, 3.05) is 31.1 Å². The van der Waals surface area contributed by atoms with E-state index in [1.54, 1.807) is 12.1 Å². The summed E-state index contributed by atoms with van der Waals surface area (Å²) in [6, 6.07) is 10.2. The predicted octanol–water partition coefficient (Wildman–Crippen LogP) is 5.04. The van der Waals surface area contributed by atoms with Crippen LogP contribution in [-0.4, -0.2) is 59.5 Å². The number of carbonyl (C=O) groups excluding carboxylic acids is 1. The molecule has 1 amide bonds. The van der Waals surface area contributed by atoms with Crippen LogP contribution in [0.1, 0.15) is 46.1 Å². The van der Waals surface area contributed by atoms with Crippen LogP contribution >= 0.6 is 0 Å². The molecule has 2 aromatic rings. The van der Waals surface area contributed by atoms with Gasteiger partial charge in [-0.05, 0) is 70.5 Å². The topological polar surface area (TPSA) is 26.8 Å². The number of carbonyl (C=O) groups is 1. The molecule has 4 nitrogen and oxygen atoms in total. The molecule has 0 saturated carbocycles. The van der Waals surface area contributed by atoms with E-state index in [0.717, 1.165) is 11.8 Å². The standard InChI is InChI=1S/C27H34F3N3O/c1-17-13-31(14-18(2)33(17)21-9-6-19(28)7-10-21)26(34)24-16-32(27(3,4)5)15-23(24)22-11-8-20(29)12-25(22)30/h6-12,17-18,23-24H,13-16H2,1-5H3/t17-,18+,23-,24+/m0/s1. The fourth-order valence-corrected chi connectivity index (χ4v) is 5.58. The maximum absolute atomic E-state index is 14.8. The molecule has 2 aliphatic rings. The summed E-state index contributed by atoms with van der Waals surface area (Å²) in [4.78, 5) is 20.2. The third-order valence-corrected chi connectivity index (χ3v) is 7.30. The summed E-state index contributed by atoms with van der Waals surface area (Å²) in [7, 11) is 0. The smallest absolute Gasteiger partial charge is 0.227 e. The first kappa shape index (κ1) is 24.6. The first-order valence-corrected chi connectivity index (χ1v) is 12.0. The van der Waals surface area contributed by atoms with Gasteiger partial charge in [0.15, 0.2) is 0 Å². The van der Waals surface area contributed by atoms with Crippen molar-refractivity contribution in [3.63, 3.8) is 0 Å². The van der Waals surface area contributed by atoms with Gasteiger partial charge in [-0.15, -0.1) is 0 Å². The van der Waals surface area contributed by atoms with Crippen molar-refractivity contribution < 1.29 is 18.0 Å². The summed E-state index contributed by atoms with van der Waals surface area (Å²) in [6.07, 6.45) is 0. The van der Waals surface area contributed by atoms with Crippen LogP contribution in [0.2, 0.25) is 0 Å². The Morgan fingerprint density at radius 1 is 0.853 bits per heavy atom. The van der Waals surface area contributed by atoms with E-state index in [-0.39, 0.29) is 35.3 Å². The Kier molecular flexibility index (Phi) is 6.69. The van der Waals surface area contributed by atoms with Crippen LogP contribution in [-0.2, 0) is 4.79 Å². The molecule has 0 radical (unpaired) electrons. The summed E-state index contributed by atoms with van der Waals surface area (Å²) in [5, 5.41) is 0. The minimum Gasteiger partial charge on any atom is -0.363 e. The summed E-state index contributed by atoms with van der Waals surface area (Å²) in [5.74, 6) is -2.22. The van der Waals surface area contributed by atoms with E-state index in [4.69, 9.17) is 0 Å². The first-order chi connectivity index (χ1) is 16.0. The molecular formula is C27H34F3N3O. The van der Waals surface area contributed by atoms with Gasteiger partial charge in [-0.1, -0.05) is 6.07 Å². The number of halogens is 3. The molecular weight excluding hydrogens is 439 g/mol. The van der Waals surface area contributed by atoms with Crippen molar-refractivity contribution in [3.05, 3.63) is 65.5 Å². The van der Waals surface area contributed by atoms with Crippen LogP contribution in [0.3, 0.4) is 0 Å². The highest BCUT2D eigenvalue weighted by molar-refractivity contribution is 5.81. The summed E-state index contributed by atoms with van der Waals surface area (Å²) < 4.78 is 41.8. The quantitative estimate of drug-likeness (QED) is 0.625. The molecule has 0 N–H and O–H groups in total. The largest absolute Gasteiger partial charge is 0.363 e. The van der Waals surface area contributed by atoms with Gasteiger partial charge < -0.3 is 9.80 Å². The van der Waals surface area contributed by atoms with E-state index >= 15 is 0 Å². The van der Waals surface area contributed by atoms with Gasteiger partial charge in [0.05, 0.1) is 5.92 Å². The number of anilines is 1. The molecule has 2 aromatic carbocycles. The number of benzene rings is 2. The molecule has 0 aliphatic carbocycles. The van der Waals surface area contributed by atoms with Gasteiger partial charge in [0.2, 0.25) is 5.91 Å². The highest BCUT2D eigenvalue weighted by atomic mass is 19.1. The second kappa shape index (κ2) is 9.25. The third-order valence-electron chi connectivity index (χ3n) is 7.30. The Bertz CT molecular complexity index is 1020. The zero-order chi connectivity index (χ0) is 24.8. The van der Waals surface area contributed by atoms with Crippen molar-refractivity contribution >= 4 is 11.6 Å². The van der Waals surface area contributed by atoms with E-state index in [1.807, 2.05) is 4.90 Å². The van der Waals surface area contributed by atoms with Crippen molar-refractivity contribution in [2.45, 2.75) is 58.2 Å². The lowest BCUT2D eigenvalue weighted by atomic mass is 9.87. The first-order valence-electron chi connectivity index (χ1n) is 12.0. The lowest BCUT2D eigenvalue weighted by Crippen LogP contribution is -2.59. The molecule has 7 heteroatoms. The monoisotopic (exact) mass is 473 g/mol. The zero-order valence-corrected chi connectivity index (χ0v) is 20.6. The van der Waals surface area contributed by atoms with Gasteiger partial charge in [-0.2, -0.15) is 0 Å². The van der Waals surface area contributed by atoms with Crippen molar-refractivity contribution in [2.24, 2.45) is 5.92 Å². The van der Waals surface area contributed by atoms with Crippen LogP contribution in [0.25, 0.3) is 0 Å². The summed E-state index contributed by atoms with van der Waals surface area (Å²) in [5.41, 5.74) is 1.16. The Hall–Kier alpha value is -2.54. The van der Waals surface area contributed by atoms with Crippen molar-refractivity contribution in [1.82, 2.24) is 9.80 Å². The Balaban J connectivity index is 1.58. The fraction of sp³-hybridized carbons (Fsp3) is 0.519. The Labute approximate surface area is 200 Å². The Morgan fingerprint density at radius 3 is 2.00 bits per heavy atom. The van der Waals surface area contributed by atoms with Gasteiger partial charge >= 0.3 is 0 Å². The number of nitrogens with zero attached hydrogens (tertiary/aromatic N) is 3. The minimum absolute atomic E-state index is 0.0120. The molecule has 4 atom stereocenters. The maximum Gasteiger partial charge on any atom is 0.227 e. The zero-order valence-electron chi connectivity index (χ0n) is 20.6. The van der Waals surface area contributed by atoms with Crippen LogP contribution in [0.4, 0.5) is 18.9 Å². The number of piperazine rings is 1. The molecule has 184 valence electrons. The minimum atomic E-state index is -0.616. The molecule has 4 rings (SSSR count). The molecule has 2 fully saturated rings. The number of rotatable bonds is 3. The van der Waals surface area contributed by atoms with Gasteiger partial charge in [0, 0.05) is 61.5 Å². The predicted molar refractivity (Wildman–Crippen MR) is 128 cm³/mol. The van der Waals surface area contributed by atoms with Crippen LogP contribution in [0.5, 0.6) is 0 Å². The summed E-state index contributed by atoms with van der Waals surface area (Å²) in [6.45, 7) is 12.5. The van der Waals surface area contributed by atoms with Crippen LogP contribution in [0, 0.1) is 23.4 Å². The average Bonchev–Trinajstić information content (AvgIpc) is 3.19. The molecule has 0 spiro atoms. The molecule has 0 unspecified atom stereocenters. The molecule has 0 bridgehead atoms. The lowest BCUT2D eigenvalue weighted by Gasteiger charge is -2.46. The highest BCUT2D eigenvalue weighted by Gasteiger charge is 2.45. The third kappa shape index (κ3) is 4.81. The normalized spacial score (nSPS) is 26.2. The second-order valence-corrected chi connectivity index (χ2v) is 10.8. The maximum atomic E-state index is 14.8. The van der Waals surface area contributed by atoms with E-state index in [9.17, 15) is 18.0 Å². The lowest BCUT2D eigenvalue weighted by molar-refractivity contribution is -0.137. The van der Waals surface area contributed by atoms with E-state index in [0.29, 0.717) is 31.7 Å². The van der Waals surface area contributed by atoms with Gasteiger partial charge in [-0.25, -0.2) is 13.2 Å². The van der Waals surface area contributed by atoms with E-state index in [2.05, 4.69) is 44.4 Å². The average molecular weight is 474 g/mol. The highest BCUT2D eigenvalue weighted by Crippen LogP contribution is 2.39. The molecule has 34 heavy (non-hydrogen) atoms. The van der Waals surface area contributed by atoms with E-state index in [1.165, 1.54) is 24.3 Å². The number of hydrogen-bond acceptors (Lipinski definition) is 3. The summed E-state index contributed by atoms with van der Waals surface area (Å²) >= 11 is 0. The molecule has 2 saturated heterocycles. The molecule has 2 aliphatic heterocycles. The van der Waals surface area contributed by atoms with Gasteiger partial charge in [0.25, 0.3) is 0 Å². The van der Waals surface area contributed by atoms with Gasteiger partial charge in [0.1, 0.15) is 17.5 Å². The molecule has 2 heterocycles. The number of likely N-dealkylation sites (tertiary alicyclic amines) is 1. The van der Waals surface area contributed by atoms with Gasteiger partial charge in [-0.3, -0.25) is 9.69 Å². The second-order valence-electron chi connectivity index (χ2n) is 10.8. The number of hydrogen-bond donors (Lipinski definition) is 0. The molecule has 0 aromatic heterocycles. The number of amides is 1. The van der Waals surface area contributed by atoms with Crippen molar-refractivity contribution in [3.8, 4) is 0 Å². The SMILES string of the molecule is C[C@@H]1CN(C(=O)[C@@H]2CN(C(C)(C)C)C[C@H]2c2ccc(F)cc2F)C[C@H](C)N1c1ccc(F)cc1. The van der Waals surface area contributed by atoms with Crippen LogP contribution < -0.4 is 4.90 Å². The van der Waals surface area contributed by atoms with E-state index < -0.39 is 17.6 Å².